The highest BCUT2D eigenvalue weighted by Gasteiger charge is 2.17. The van der Waals surface area contributed by atoms with E-state index < -0.39 is 0 Å². The Kier molecular flexibility index (Phi) is 4.43. The third-order valence-electron chi connectivity index (χ3n) is 3.90. The average molecular weight is 314 g/mol. The van der Waals surface area contributed by atoms with Crippen LogP contribution in [0.3, 0.4) is 0 Å². The van der Waals surface area contributed by atoms with Gasteiger partial charge in [0.2, 0.25) is 0 Å². The number of Topliss-reactive ketones (excluding diaryl/α,β-unsaturated/α-hetero) is 1. The number of nitrogens with zero attached hydrogens (tertiary/aromatic N) is 1. The summed E-state index contributed by atoms with van der Waals surface area (Å²) < 4.78 is 0. The number of nitrogens with one attached hydrogen (secondary N) is 1. The number of H-pyrrole nitrogens is 1. The topological polar surface area (TPSA) is 62.8 Å². The van der Waals surface area contributed by atoms with Crippen LogP contribution in [0.2, 0.25) is 0 Å². The molecule has 0 unspecified atom stereocenters. The fraction of sp³-hybridized carbons (Fsp3) is 0.353. The lowest BCUT2D eigenvalue weighted by atomic mass is 9.98. The normalized spacial score (nSPS) is 13.7. The standard InChI is InChI=1S/C17H18N2O2S/c1-11-6-8-12(9-7-11)15(20)10-22-16-13-4-2-3-5-14(13)18-17(21)19-16/h6-9H,2-5,10H2,1H3,(H,18,19,21). The first kappa shape index (κ1) is 15.0. The zero-order chi connectivity index (χ0) is 15.5. The Bertz CT molecular complexity index is 750. The van der Waals surface area contributed by atoms with Gasteiger partial charge in [-0.05, 0) is 32.6 Å². The number of hydrogen-bond acceptors (Lipinski definition) is 4. The molecular formula is C17H18N2O2S. The highest BCUT2D eigenvalue weighted by Crippen LogP contribution is 2.27. The summed E-state index contributed by atoms with van der Waals surface area (Å²) in [5, 5.41) is 0.721. The predicted molar refractivity (Wildman–Crippen MR) is 87.7 cm³/mol. The maximum Gasteiger partial charge on any atom is 0.346 e. The van der Waals surface area contributed by atoms with Gasteiger partial charge in [0.1, 0.15) is 5.03 Å². The van der Waals surface area contributed by atoms with E-state index in [2.05, 4.69) is 9.97 Å². The molecule has 0 radical (unpaired) electrons. The summed E-state index contributed by atoms with van der Waals surface area (Å²) in [6.45, 7) is 2.00. The van der Waals surface area contributed by atoms with Gasteiger partial charge in [-0.1, -0.05) is 41.6 Å². The van der Waals surface area contributed by atoms with Crippen LogP contribution < -0.4 is 5.69 Å². The average Bonchev–Trinajstić information content (AvgIpc) is 2.52. The second-order valence-corrected chi connectivity index (χ2v) is 6.55. The lowest BCUT2D eigenvalue weighted by Crippen LogP contribution is -2.20. The number of carbonyl (C=O) groups excluding carboxylic acids is 1. The maximum atomic E-state index is 12.2. The first-order chi connectivity index (χ1) is 10.6. The van der Waals surface area contributed by atoms with Crippen LogP contribution in [-0.4, -0.2) is 21.5 Å². The minimum atomic E-state index is -0.314. The molecule has 3 rings (SSSR count). The summed E-state index contributed by atoms with van der Waals surface area (Å²) >= 11 is 1.38. The van der Waals surface area contributed by atoms with E-state index in [1.54, 1.807) is 0 Å². The van der Waals surface area contributed by atoms with E-state index in [-0.39, 0.29) is 11.5 Å². The van der Waals surface area contributed by atoms with Crippen LogP contribution in [0.4, 0.5) is 0 Å². The molecule has 0 aliphatic heterocycles. The van der Waals surface area contributed by atoms with Crippen molar-refractivity contribution in [1.82, 2.24) is 9.97 Å². The lowest BCUT2D eigenvalue weighted by Gasteiger charge is -2.17. The molecule has 0 bridgehead atoms. The predicted octanol–water partition coefficient (Wildman–Crippen LogP) is 2.93. The second kappa shape index (κ2) is 6.48. The highest BCUT2D eigenvalue weighted by atomic mass is 32.2. The van der Waals surface area contributed by atoms with Gasteiger partial charge in [-0.2, -0.15) is 4.98 Å². The van der Waals surface area contributed by atoms with Gasteiger partial charge >= 0.3 is 5.69 Å². The third kappa shape index (κ3) is 3.30. The summed E-state index contributed by atoms with van der Waals surface area (Å²) in [5.74, 6) is 0.378. The number of rotatable bonds is 4. The Morgan fingerprint density at radius 2 is 1.95 bits per heavy atom. The number of aromatic amines is 1. The maximum absolute atomic E-state index is 12.2. The number of fused-ring (bicyclic) bond motifs is 1. The van der Waals surface area contributed by atoms with Crippen molar-refractivity contribution < 1.29 is 4.79 Å². The quantitative estimate of drug-likeness (QED) is 0.535. The van der Waals surface area contributed by atoms with Crippen molar-refractivity contribution in [2.24, 2.45) is 0 Å². The molecule has 0 spiro atoms. The van der Waals surface area contributed by atoms with Crippen LogP contribution in [0.15, 0.2) is 34.1 Å². The zero-order valence-corrected chi connectivity index (χ0v) is 13.3. The summed E-state index contributed by atoms with van der Waals surface area (Å²) in [7, 11) is 0. The molecule has 5 heteroatoms. The fourth-order valence-electron chi connectivity index (χ4n) is 2.67. The molecule has 1 aromatic carbocycles. The summed E-state index contributed by atoms with van der Waals surface area (Å²) in [4.78, 5) is 30.8. The molecule has 0 fully saturated rings. The van der Waals surface area contributed by atoms with E-state index in [0.29, 0.717) is 11.3 Å². The summed E-state index contributed by atoms with van der Waals surface area (Å²) in [6.07, 6.45) is 4.03. The molecule has 114 valence electrons. The Morgan fingerprint density at radius 1 is 1.23 bits per heavy atom. The van der Waals surface area contributed by atoms with Crippen LogP contribution in [0.1, 0.15) is 40.0 Å². The molecule has 22 heavy (non-hydrogen) atoms. The Morgan fingerprint density at radius 3 is 2.73 bits per heavy atom. The van der Waals surface area contributed by atoms with Crippen molar-refractivity contribution in [2.75, 3.05) is 5.75 Å². The van der Waals surface area contributed by atoms with E-state index >= 15 is 0 Å². The van der Waals surface area contributed by atoms with Gasteiger partial charge in [-0.15, -0.1) is 0 Å². The van der Waals surface area contributed by atoms with Crippen molar-refractivity contribution >= 4 is 17.5 Å². The molecule has 0 atom stereocenters. The van der Waals surface area contributed by atoms with Gasteiger partial charge in [0.25, 0.3) is 0 Å². The summed E-state index contributed by atoms with van der Waals surface area (Å²) in [6, 6.07) is 7.56. The first-order valence-corrected chi connectivity index (χ1v) is 8.47. The Balaban J connectivity index is 1.76. The first-order valence-electron chi connectivity index (χ1n) is 7.48. The number of carbonyl (C=O) groups is 1. The molecule has 1 aliphatic rings. The number of hydrogen-bond donors (Lipinski definition) is 1. The van der Waals surface area contributed by atoms with Gasteiger partial charge in [-0.3, -0.25) is 4.79 Å². The number of thioether (sulfide) groups is 1. The van der Waals surface area contributed by atoms with E-state index in [1.807, 2.05) is 31.2 Å². The van der Waals surface area contributed by atoms with Crippen LogP contribution in [0, 0.1) is 6.92 Å². The number of aryl methyl sites for hydroxylation is 2. The fourth-order valence-corrected chi connectivity index (χ4v) is 3.65. The highest BCUT2D eigenvalue weighted by molar-refractivity contribution is 8.00. The van der Waals surface area contributed by atoms with Gasteiger partial charge in [-0.25, -0.2) is 4.79 Å². The van der Waals surface area contributed by atoms with Crippen LogP contribution >= 0.6 is 11.8 Å². The molecular weight excluding hydrogens is 296 g/mol. The number of aromatic nitrogens is 2. The van der Waals surface area contributed by atoms with Gasteiger partial charge in [0.15, 0.2) is 5.78 Å². The minimum Gasteiger partial charge on any atom is -0.309 e. The van der Waals surface area contributed by atoms with Crippen molar-refractivity contribution in [2.45, 2.75) is 37.6 Å². The van der Waals surface area contributed by atoms with Crippen molar-refractivity contribution in [1.29, 1.82) is 0 Å². The van der Waals surface area contributed by atoms with Gasteiger partial charge < -0.3 is 4.98 Å². The van der Waals surface area contributed by atoms with Crippen molar-refractivity contribution in [3.05, 3.63) is 57.1 Å². The van der Waals surface area contributed by atoms with Gasteiger partial charge in [0.05, 0.1) is 5.75 Å². The zero-order valence-electron chi connectivity index (χ0n) is 12.5. The minimum absolute atomic E-state index is 0.0663. The number of ketones is 1. The Labute approximate surface area is 133 Å². The van der Waals surface area contributed by atoms with Crippen LogP contribution in [0.25, 0.3) is 0 Å². The third-order valence-corrected chi connectivity index (χ3v) is 4.92. The molecule has 0 amide bonds. The van der Waals surface area contributed by atoms with E-state index in [1.165, 1.54) is 11.8 Å². The van der Waals surface area contributed by atoms with Crippen LogP contribution in [-0.2, 0) is 12.8 Å². The smallest absolute Gasteiger partial charge is 0.309 e. The Hall–Kier alpha value is -1.88. The largest absolute Gasteiger partial charge is 0.346 e. The van der Waals surface area contributed by atoms with Crippen molar-refractivity contribution in [3.8, 4) is 0 Å². The number of benzene rings is 1. The van der Waals surface area contributed by atoms with E-state index in [4.69, 9.17) is 0 Å². The molecule has 4 nitrogen and oxygen atoms in total. The molecule has 2 aromatic rings. The van der Waals surface area contributed by atoms with Crippen LogP contribution in [0.5, 0.6) is 0 Å². The molecule has 1 aromatic heterocycles. The van der Waals surface area contributed by atoms with Crippen molar-refractivity contribution in [3.63, 3.8) is 0 Å². The molecule has 1 aliphatic carbocycles. The SMILES string of the molecule is Cc1ccc(C(=O)CSc2nc(=O)[nH]c3c2CCCC3)cc1. The second-order valence-electron chi connectivity index (χ2n) is 5.59. The molecule has 1 heterocycles. The molecule has 1 N–H and O–H groups in total. The molecule has 0 saturated heterocycles. The van der Waals surface area contributed by atoms with Gasteiger partial charge in [0, 0.05) is 16.8 Å². The van der Waals surface area contributed by atoms with E-state index in [0.717, 1.165) is 47.5 Å². The monoisotopic (exact) mass is 314 g/mol. The molecule has 0 saturated carbocycles. The lowest BCUT2D eigenvalue weighted by molar-refractivity contribution is 0.102. The van der Waals surface area contributed by atoms with E-state index in [9.17, 15) is 9.59 Å². The summed E-state index contributed by atoms with van der Waals surface area (Å²) in [5.41, 5.74) is 3.64.